The maximum Gasteiger partial charge on any atom is 0.0588 e. The molecule has 100 valence electrons. The fourth-order valence-corrected chi connectivity index (χ4v) is 2.92. The predicted octanol–water partition coefficient (Wildman–Crippen LogP) is 2.02. The van der Waals surface area contributed by atoms with Crippen LogP contribution in [-0.2, 0) is 4.74 Å². The monoisotopic (exact) mass is 240 g/mol. The molecule has 0 bridgehead atoms. The molecular formula is C14H28N2O. The van der Waals surface area contributed by atoms with Gasteiger partial charge in [0.05, 0.1) is 6.10 Å². The average molecular weight is 240 g/mol. The van der Waals surface area contributed by atoms with E-state index in [-0.39, 0.29) is 0 Å². The van der Waals surface area contributed by atoms with Gasteiger partial charge in [0.2, 0.25) is 0 Å². The third-order valence-electron chi connectivity index (χ3n) is 4.36. The summed E-state index contributed by atoms with van der Waals surface area (Å²) in [6.07, 6.45) is 5.49. The summed E-state index contributed by atoms with van der Waals surface area (Å²) in [6, 6.07) is 0.674. The molecule has 0 aliphatic carbocycles. The third-order valence-corrected chi connectivity index (χ3v) is 4.36. The minimum absolute atomic E-state index is 0.296. The number of ether oxygens (including phenoxy) is 1. The lowest BCUT2D eigenvalue weighted by Gasteiger charge is -2.46. The Labute approximate surface area is 106 Å². The predicted molar refractivity (Wildman–Crippen MR) is 71.3 cm³/mol. The molecule has 0 saturated carbocycles. The molecular weight excluding hydrogens is 212 g/mol. The highest BCUT2D eigenvalue weighted by Gasteiger charge is 2.33. The van der Waals surface area contributed by atoms with E-state index in [1.807, 2.05) is 0 Å². The van der Waals surface area contributed by atoms with Crippen molar-refractivity contribution in [2.75, 3.05) is 26.2 Å². The lowest BCUT2D eigenvalue weighted by atomic mass is 9.96. The number of hydrogen-bond acceptors (Lipinski definition) is 3. The van der Waals surface area contributed by atoms with Crippen LogP contribution in [-0.4, -0.2) is 48.8 Å². The molecule has 0 spiro atoms. The first-order valence-electron chi connectivity index (χ1n) is 7.22. The minimum atomic E-state index is 0.296. The summed E-state index contributed by atoms with van der Waals surface area (Å²) in [6.45, 7) is 11.4. The van der Waals surface area contributed by atoms with Gasteiger partial charge in [-0.2, -0.15) is 0 Å². The quantitative estimate of drug-likeness (QED) is 0.813. The average Bonchev–Trinajstić information content (AvgIpc) is 2.80. The molecule has 2 aliphatic heterocycles. The molecule has 2 aliphatic rings. The molecule has 2 saturated heterocycles. The van der Waals surface area contributed by atoms with Crippen molar-refractivity contribution in [3.63, 3.8) is 0 Å². The molecule has 2 unspecified atom stereocenters. The van der Waals surface area contributed by atoms with E-state index in [0.29, 0.717) is 17.7 Å². The van der Waals surface area contributed by atoms with Gasteiger partial charge in [-0.25, -0.2) is 0 Å². The van der Waals surface area contributed by atoms with Gasteiger partial charge in [0, 0.05) is 37.8 Å². The Morgan fingerprint density at radius 3 is 2.88 bits per heavy atom. The van der Waals surface area contributed by atoms with Crippen molar-refractivity contribution in [2.24, 2.45) is 0 Å². The molecule has 0 aromatic rings. The Balaban J connectivity index is 1.82. The summed E-state index contributed by atoms with van der Waals surface area (Å²) in [5.74, 6) is 0. The van der Waals surface area contributed by atoms with E-state index < -0.39 is 0 Å². The summed E-state index contributed by atoms with van der Waals surface area (Å²) in [5.41, 5.74) is 0.296. The zero-order chi connectivity index (χ0) is 12.3. The molecule has 1 N–H and O–H groups in total. The van der Waals surface area contributed by atoms with Crippen molar-refractivity contribution in [1.29, 1.82) is 0 Å². The minimum Gasteiger partial charge on any atom is -0.378 e. The summed E-state index contributed by atoms with van der Waals surface area (Å²) >= 11 is 0. The van der Waals surface area contributed by atoms with E-state index in [1.54, 1.807) is 0 Å². The van der Waals surface area contributed by atoms with E-state index in [4.69, 9.17) is 4.74 Å². The van der Waals surface area contributed by atoms with Crippen LogP contribution in [0.4, 0.5) is 0 Å². The van der Waals surface area contributed by atoms with Gasteiger partial charge in [-0.05, 0) is 39.5 Å². The molecule has 0 radical (unpaired) electrons. The summed E-state index contributed by atoms with van der Waals surface area (Å²) in [5, 5.41) is 3.64. The van der Waals surface area contributed by atoms with Crippen LogP contribution in [0.15, 0.2) is 0 Å². The molecule has 2 fully saturated rings. The van der Waals surface area contributed by atoms with Gasteiger partial charge >= 0.3 is 0 Å². The van der Waals surface area contributed by atoms with Crippen molar-refractivity contribution in [3.8, 4) is 0 Å². The van der Waals surface area contributed by atoms with Crippen molar-refractivity contribution in [3.05, 3.63) is 0 Å². The highest BCUT2D eigenvalue weighted by molar-refractivity contribution is 4.92. The molecule has 0 aromatic carbocycles. The van der Waals surface area contributed by atoms with Crippen molar-refractivity contribution >= 4 is 0 Å². The maximum absolute atomic E-state index is 5.72. The Morgan fingerprint density at radius 2 is 2.24 bits per heavy atom. The molecule has 2 heterocycles. The van der Waals surface area contributed by atoms with Crippen molar-refractivity contribution in [1.82, 2.24) is 10.2 Å². The molecule has 0 aromatic heterocycles. The molecule has 0 amide bonds. The Kier molecular flexibility index (Phi) is 4.45. The van der Waals surface area contributed by atoms with Gasteiger partial charge in [0.1, 0.15) is 0 Å². The van der Waals surface area contributed by atoms with Crippen LogP contribution in [0.1, 0.15) is 46.5 Å². The number of nitrogens with zero attached hydrogens (tertiary/aromatic N) is 1. The van der Waals surface area contributed by atoms with Gasteiger partial charge in [0.15, 0.2) is 0 Å². The SMILES string of the molecule is CCC1CN(CCC2CCCO2)C(C)(C)CN1. The summed E-state index contributed by atoms with van der Waals surface area (Å²) in [7, 11) is 0. The smallest absolute Gasteiger partial charge is 0.0588 e. The highest BCUT2D eigenvalue weighted by Crippen LogP contribution is 2.22. The van der Waals surface area contributed by atoms with Crippen LogP contribution in [0.2, 0.25) is 0 Å². The number of piperazine rings is 1. The zero-order valence-electron chi connectivity index (χ0n) is 11.7. The molecule has 3 heteroatoms. The van der Waals surface area contributed by atoms with E-state index >= 15 is 0 Å². The lowest BCUT2D eigenvalue weighted by Crippen LogP contribution is -2.62. The van der Waals surface area contributed by atoms with Gasteiger partial charge in [-0.15, -0.1) is 0 Å². The number of nitrogens with one attached hydrogen (secondary N) is 1. The maximum atomic E-state index is 5.72. The lowest BCUT2D eigenvalue weighted by molar-refractivity contribution is 0.0384. The largest absolute Gasteiger partial charge is 0.378 e. The molecule has 2 atom stereocenters. The summed E-state index contributed by atoms with van der Waals surface area (Å²) in [4.78, 5) is 2.65. The van der Waals surface area contributed by atoms with Crippen LogP contribution in [0.3, 0.4) is 0 Å². The van der Waals surface area contributed by atoms with Crippen LogP contribution >= 0.6 is 0 Å². The van der Waals surface area contributed by atoms with Gasteiger partial charge in [-0.3, -0.25) is 4.90 Å². The second-order valence-electron chi connectivity index (χ2n) is 6.17. The van der Waals surface area contributed by atoms with Gasteiger partial charge < -0.3 is 10.1 Å². The fraction of sp³-hybridized carbons (Fsp3) is 1.00. The fourth-order valence-electron chi connectivity index (χ4n) is 2.92. The van der Waals surface area contributed by atoms with Gasteiger partial charge in [-0.1, -0.05) is 6.92 Å². The Hall–Kier alpha value is -0.120. The standard InChI is InChI=1S/C14H28N2O/c1-4-12-10-16(14(2,3)11-15-12)8-7-13-6-5-9-17-13/h12-13,15H,4-11H2,1-3H3. The topological polar surface area (TPSA) is 24.5 Å². The van der Waals surface area contributed by atoms with Crippen LogP contribution in [0.5, 0.6) is 0 Å². The van der Waals surface area contributed by atoms with Gasteiger partial charge in [0.25, 0.3) is 0 Å². The first-order valence-corrected chi connectivity index (χ1v) is 7.22. The molecule has 2 rings (SSSR count). The second-order valence-corrected chi connectivity index (χ2v) is 6.17. The normalized spacial score (nSPS) is 34.1. The van der Waals surface area contributed by atoms with E-state index in [0.717, 1.165) is 13.2 Å². The van der Waals surface area contributed by atoms with E-state index in [2.05, 4.69) is 31.0 Å². The number of rotatable bonds is 4. The molecule has 17 heavy (non-hydrogen) atoms. The van der Waals surface area contributed by atoms with Crippen LogP contribution in [0.25, 0.3) is 0 Å². The third kappa shape index (κ3) is 3.43. The Morgan fingerprint density at radius 1 is 1.41 bits per heavy atom. The first kappa shape index (κ1) is 13.3. The highest BCUT2D eigenvalue weighted by atomic mass is 16.5. The van der Waals surface area contributed by atoms with E-state index in [9.17, 15) is 0 Å². The Bertz CT molecular complexity index is 236. The van der Waals surface area contributed by atoms with E-state index in [1.165, 1.54) is 38.8 Å². The second kappa shape index (κ2) is 5.68. The molecule has 3 nitrogen and oxygen atoms in total. The van der Waals surface area contributed by atoms with Crippen LogP contribution in [0, 0.1) is 0 Å². The first-order chi connectivity index (χ1) is 8.12. The number of hydrogen-bond donors (Lipinski definition) is 1. The summed E-state index contributed by atoms with van der Waals surface area (Å²) < 4.78 is 5.72. The zero-order valence-corrected chi connectivity index (χ0v) is 11.7. The van der Waals surface area contributed by atoms with Crippen molar-refractivity contribution < 1.29 is 4.74 Å². The van der Waals surface area contributed by atoms with Crippen LogP contribution < -0.4 is 5.32 Å². The van der Waals surface area contributed by atoms with Crippen molar-refractivity contribution in [2.45, 2.75) is 64.1 Å².